The van der Waals surface area contributed by atoms with E-state index in [1.807, 2.05) is 0 Å². The summed E-state index contributed by atoms with van der Waals surface area (Å²) in [6.07, 6.45) is 5.48. The molecular formula is C13H28N2O. The molecule has 96 valence electrons. The molecule has 0 heterocycles. The third-order valence-corrected chi connectivity index (χ3v) is 3.23. The fourth-order valence-electron chi connectivity index (χ4n) is 2.41. The molecule has 0 bridgehead atoms. The number of nitrogens with zero attached hydrogens (tertiary/aromatic N) is 1. The fourth-order valence-corrected chi connectivity index (χ4v) is 2.41. The maximum absolute atomic E-state index is 5.67. The maximum atomic E-state index is 5.67. The van der Waals surface area contributed by atoms with Crippen molar-refractivity contribution in [2.24, 2.45) is 11.7 Å². The van der Waals surface area contributed by atoms with Gasteiger partial charge in [-0.1, -0.05) is 26.7 Å². The Hall–Kier alpha value is -0.120. The summed E-state index contributed by atoms with van der Waals surface area (Å²) in [4.78, 5) is 2.52. The van der Waals surface area contributed by atoms with Crippen LogP contribution in [-0.2, 0) is 4.74 Å². The van der Waals surface area contributed by atoms with Gasteiger partial charge in [0.25, 0.3) is 0 Å². The van der Waals surface area contributed by atoms with Gasteiger partial charge in [0.15, 0.2) is 0 Å². The van der Waals surface area contributed by atoms with Crippen molar-refractivity contribution in [3.8, 4) is 0 Å². The zero-order valence-corrected chi connectivity index (χ0v) is 11.0. The Labute approximate surface area is 100 Å². The topological polar surface area (TPSA) is 38.5 Å². The van der Waals surface area contributed by atoms with E-state index in [9.17, 15) is 0 Å². The van der Waals surface area contributed by atoms with Crippen molar-refractivity contribution in [3.05, 3.63) is 0 Å². The molecule has 1 fully saturated rings. The van der Waals surface area contributed by atoms with E-state index in [0.717, 1.165) is 38.9 Å². The van der Waals surface area contributed by atoms with E-state index in [2.05, 4.69) is 18.7 Å². The summed E-state index contributed by atoms with van der Waals surface area (Å²) in [5.41, 5.74) is 5.67. The molecule has 0 aliphatic heterocycles. The minimum atomic E-state index is 0.634. The molecule has 0 aromatic carbocycles. The lowest BCUT2D eigenvalue weighted by molar-refractivity contribution is 0.0737. The molecule has 16 heavy (non-hydrogen) atoms. The van der Waals surface area contributed by atoms with E-state index in [1.165, 1.54) is 25.7 Å². The highest BCUT2D eigenvalue weighted by atomic mass is 16.5. The summed E-state index contributed by atoms with van der Waals surface area (Å²) in [5.74, 6) is 0.634. The highest BCUT2D eigenvalue weighted by Gasteiger charge is 2.21. The van der Waals surface area contributed by atoms with Crippen molar-refractivity contribution < 1.29 is 4.74 Å². The second-order valence-corrected chi connectivity index (χ2v) is 5.23. The molecule has 0 aromatic heterocycles. The van der Waals surface area contributed by atoms with Gasteiger partial charge >= 0.3 is 0 Å². The summed E-state index contributed by atoms with van der Waals surface area (Å²) in [5, 5.41) is 0. The first-order valence-corrected chi connectivity index (χ1v) is 6.76. The van der Waals surface area contributed by atoms with Crippen molar-refractivity contribution in [3.63, 3.8) is 0 Å². The van der Waals surface area contributed by atoms with Gasteiger partial charge in [0.05, 0.1) is 6.61 Å². The van der Waals surface area contributed by atoms with Crippen LogP contribution in [0.1, 0.15) is 39.5 Å². The highest BCUT2D eigenvalue weighted by molar-refractivity contribution is 4.77. The van der Waals surface area contributed by atoms with E-state index in [4.69, 9.17) is 10.5 Å². The molecule has 1 aliphatic rings. The second-order valence-electron chi connectivity index (χ2n) is 5.23. The molecule has 0 amide bonds. The monoisotopic (exact) mass is 228 g/mol. The van der Waals surface area contributed by atoms with Crippen LogP contribution in [0.15, 0.2) is 0 Å². The molecule has 1 aliphatic carbocycles. The van der Waals surface area contributed by atoms with Gasteiger partial charge in [0.2, 0.25) is 0 Å². The summed E-state index contributed by atoms with van der Waals surface area (Å²) in [7, 11) is 0. The van der Waals surface area contributed by atoms with Gasteiger partial charge in [0, 0.05) is 32.3 Å². The summed E-state index contributed by atoms with van der Waals surface area (Å²) >= 11 is 0. The SMILES string of the molecule is CC(C)COCCN(CCN)C1CCCC1. The summed E-state index contributed by atoms with van der Waals surface area (Å²) < 4.78 is 5.65. The van der Waals surface area contributed by atoms with Crippen LogP contribution in [0.4, 0.5) is 0 Å². The van der Waals surface area contributed by atoms with Crippen LogP contribution >= 0.6 is 0 Å². The molecule has 0 atom stereocenters. The average Bonchev–Trinajstić information content (AvgIpc) is 2.75. The minimum absolute atomic E-state index is 0.634. The number of rotatable bonds is 8. The molecular weight excluding hydrogens is 200 g/mol. The quantitative estimate of drug-likeness (QED) is 0.645. The van der Waals surface area contributed by atoms with Crippen molar-refractivity contribution in [1.29, 1.82) is 0 Å². The smallest absolute Gasteiger partial charge is 0.0593 e. The van der Waals surface area contributed by atoms with Gasteiger partial charge in [-0.3, -0.25) is 4.90 Å². The van der Waals surface area contributed by atoms with Crippen LogP contribution < -0.4 is 5.73 Å². The lowest BCUT2D eigenvalue weighted by Gasteiger charge is -2.28. The predicted octanol–water partition coefficient (Wildman–Crippen LogP) is 1.86. The maximum Gasteiger partial charge on any atom is 0.0593 e. The van der Waals surface area contributed by atoms with Crippen LogP contribution in [0.3, 0.4) is 0 Å². The number of nitrogens with two attached hydrogens (primary N) is 1. The Morgan fingerprint density at radius 2 is 1.94 bits per heavy atom. The Balaban J connectivity index is 2.17. The van der Waals surface area contributed by atoms with Gasteiger partial charge in [-0.05, 0) is 18.8 Å². The van der Waals surface area contributed by atoms with E-state index in [0.29, 0.717) is 5.92 Å². The van der Waals surface area contributed by atoms with Crippen LogP contribution in [0.2, 0.25) is 0 Å². The number of hydrogen-bond donors (Lipinski definition) is 1. The van der Waals surface area contributed by atoms with Gasteiger partial charge in [0.1, 0.15) is 0 Å². The lowest BCUT2D eigenvalue weighted by Crippen LogP contribution is -2.39. The van der Waals surface area contributed by atoms with E-state index in [1.54, 1.807) is 0 Å². The van der Waals surface area contributed by atoms with Crippen molar-refractivity contribution in [2.75, 3.05) is 32.8 Å². The third-order valence-electron chi connectivity index (χ3n) is 3.23. The molecule has 1 saturated carbocycles. The standard InChI is InChI=1S/C13H28N2O/c1-12(2)11-16-10-9-15(8-7-14)13-5-3-4-6-13/h12-13H,3-11,14H2,1-2H3. The molecule has 0 radical (unpaired) electrons. The number of ether oxygens (including phenoxy) is 1. The third kappa shape index (κ3) is 5.28. The largest absolute Gasteiger partial charge is 0.380 e. The first-order valence-electron chi connectivity index (χ1n) is 6.76. The Kier molecular flexibility index (Phi) is 7.01. The minimum Gasteiger partial charge on any atom is -0.380 e. The molecule has 3 nitrogen and oxygen atoms in total. The highest BCUT2D eigenvalue weighted by Crippen LogP contribution is 2.22. The fraction of sp³-hybridized carbons (Fsp3) is 1.00. The molecule has 0 spiro atoms. The first-order chi connectivity index (χ1) is 7.74. The summed E-state index contributed by atoms with van der Waals surface area (Å²) in [6, 6.07) is 0.770. The Morgan fingerprint density at radius 1 is 1.25 bits per heavy atom. The molecule has 3 heteroatoms. The van der Waals surface area contributed by atoms with Gasteiger partial charge in [-0.2, -0.15) is 0 Å². The van der Waals surface area contributed by atoms with Crippen molar-refractivity contribution in [2.45, 2.75) is 45.6 Å². The Morgan fingerprint density at radius 3 is 2.50 bits per heavy atom. The molecule has 1 rings (SSSR count). The van der Waals surface area contributed by atoms with Gasteiger partial charge in [-0.25, -0.2) is 0 Å². The second kappa shape index (κ2) is 8.04. The van der Waals surface area contributed by atoms with E-state index < -0.39 is 0 Å². The molecule has 2 N–H and O–H groups in total. The van der Waals surface area contributed by atoms with Crippen LogP contribution in [0, 0.1) is 5.92 Å². The molecule has 0 aromatic rings. The zero-order chi connectivity index (χ0) is 11.8. The number of hydrogen-bond acceptors (Lipinski definition) is 3. The van der Waals surface area contributed by atoms with Gasteiger partial charge in [-0.15, -0.1) is 0 Å². The molecule has 0 unspecified atom stereocenters. The predicted molar refractivity (Wildman–Crippen MR) is 68.5 cm³/mol. The van der Waals surface area contributed by atoms with Gasteiger partial charge < -0.3 is 10.5 Å². The lowest BCUT2D eigenvalue weighted by atomic mass is 10.2. The van der Waals surface area contributed by atoms with E-state index >= 15 is 0 Å². The van der Waals surface area contributed by atoms with Crippen molar-refractivity contribution in [1.82, 2.24) is 4.90 Å². The summed E-state index contributed by atoms with van der Waals surface area (Å²) in [6.45, 7) is 8.95. The van der Waals surface area contributed by atoms with E-state index in [-0.39, 0.29) is 0 Å². The Bertz CT molecular complexity index is 167. The van der Waals surface area contributed by atoms with Crippen molar-refractivity contribution >= 4 is 0 Å². The van der Waals surface area contributed by atoms with Crippen LogP contribution in [0.25, 0.3) is 0 Å². The first kappa shape index (κ1) is 13.9. The average molecular weight is 228 g/mol. The van der Waals surface area contributed by atoms with Crippen LogP contribution in [-0.4, -0.2) is 43.8 Å². The normalized spacial score (nSPS) is 17.8. The zero-order valence-electron chi connectivity index (χ0n) is 11.0. The van der Waals surface area contributed by atoms with Crippen LogP contribution in [0.5, 0.6) is 0 Å². The molecule has 0 saturated heterocycles.